The lowest BCUT2D eigenvalue weighted by Gasteiger charge is -2.24. The molecule has 0 aliphatic heterocycles. The van der Waals surface area contributed by atoms with Gasteiger partial charge < -0.3 is 10.1 Å². The lowest BCUT2D eigenvalue weighted by molar-refractivity contribution is -0.122. The average molecular weight is 445 g/mol. The summed E-state index contributed by atoms with van der Waals surface area (Å²) in [5.41, 5.74) is 5.01. The SMILES string of the molecule is Cc1ccc2nc(-c3ccc(NC(=O)C(C)Oc4ccccc4C(C)(C)C)cc3)sc2c1. The van der Waals surface area contributed by atoms with Crippen LogP contribution >= 0.6 is 11.3 Å². The van der Waals surface area contributed by atoms with Gasteiger partial charge in [-0.25, -0.2) is 4.98 Å². The number of thiazole rings is 1. The van der Waals surface area contributed by atoms with Gasteiger partial charge in [0.25, 0.3) is 5.91 Å². The Balaban J connectivity index is 1.44. The maximum atomic E-state index is 12.7. The fraction of sp³-hybridized carbons (Fsp3) is 0.259. The molecule has 32 heavy (non-hydrogen) atoms. The lowest BCUT2D eigenvalue weighted by Crippen LogP contribution is -2.31. The van der Waals surface area contributed by atoms with Crippen LogP contribution in [0.5, 0.6) is 5.75 Å². The van der Waals surface area contributed by atoms with E-state index < -0.39 is 6.10 Å². The van der Waals surface area contributed by atoms with Crippen molar-refractivity contribution in [2.24, 2.45) is 0 Å². The van der Waals surface area contributed by atoms with Gasteiger partial charge in [-0.15, -0.1) is 11.3 Å². The van der Waals surface area contributed by atoms with Crippen LogP contribution in [0.15, 0.2) is 66.7 Å². The number of carbonyl (C=O) groups excluding carboxylic acids is 1. The summed E-state index contributed by atoms with van der Waals surface area (Å²) in [4.78, 5) is 17.5. The second-order valence-electron chi connectivity index (χ2n) is 9.06. The van der Waals surface area contributed by atoms with Crippen molar-refractivity contribution in [1.29, 1.82) is 0 Å². The number of ether oxygens (including phenoxy) is 1. The van der Waals surface area contributed by atoms with Crippen molar-refractivity contribution in [1.82, 2.24) is 4.98 Å². The number of aryl methyl sites for hydroxylation is 1. The number of rotatable bonds is 5. The first-order valence-corrected chi connectivity index (χ1v) is 11.6. The first kappa shape index (κ1) is 22.0. The quantitative estimate of drug-likeness (QED) is 0.361. The summed E-state index contributed by atoms with van der Waals surface area (Å²) in [6.07, 6.45) is -0.620. The number of benzene rings is 3. The molecule has 4 nitrogen and oxygen atoms in total. The monoisotopic (exact) mass is 444 g/mol. The topological polar surface area (TPSA) is 51.2 Å². The highest BCUT2D eigenvalue weighted by atomic mass is 32.1. The minimum atomic E-state index is -0.620. The van der Waals surface area contributed by atoms with Crippen LogP contribution in [0.25, 0.3) is 20.8 Å². The molecule has 0 radical (unpaired) electrons. The van der Waals surface area contributed by atoms with Gasteiger partial charge in [-0.2, -0.15) is 0 Å². The van der Waals surface area contributed by atoms with Crippen LogP contribution in [0.3, 0.4) is 0 Å². The van der Waals surface area contributed by atoms with E-state index in [2.05, 4.69) is 51.2 Å². The predicted octanol–water partition coefficient (Wildman–Crippen LogP) is 6.98. The predicted molar refractivity (Wildman–Crippen MR) is 134 cm³/mol. The van der Waals surface area contributed by atoms with E-state index in [1.54, 1.807) is 18.3 Å². The van der Waals surface area contributed by atoms with Crippen LogP contribution in [0, 0.1) is 6.92 Å². The van der Waals surface area contributed by atoms with E-state index in [0.29, 0.717) is 0 Å². The molecule has 0 saturated carbocycles. The molecule has 4 rings (SSSR count). The molecule has 0 bridgehead atoms. The Labute approximate surface area is 193 Å². The lowest BCUT2D eigenvalue weighted by atomic mass is 9.86. The standard InChI is InChI=1S/C27H28N2O2S/c1-17-10-15-22-24(16-17)32-26(29-22)19-11-13-20(14-12-19)28-25(30)18(2)31-23-9-7-6-8-21(23)27(3,4)5/h6-16,18H,1-5H3,(H,28,30). The van der Waals surface area contributed by atoms with Gasteiger partial charge in [0.1, 0.15) is 10.8 Å². The van der Waals surface area contributed by atoms with Gasteiger partial charge in [-0.05, 0) is 72.9 Å². The van der Waals surface area contributed by atoms with E-state index in [0.717, 1.165) is 33.1 Å². The Hall–Kier alpha value is -3.18. The van der Waals surface area contributed by atoms with Crippen molar-refractivity contribution in [2.45, 2.75) is 46.1 Å². The number of nitrogens with one attached hydrogen (secondary N) is 1. The van der Waals surface area contributed by atoms with Gasteiger partial charge >= 0.3 is 0 Å². The third-order valence-electron chi connectivity index (χ3n) is 5.31. The minimum Gasteiger partial charge on any atom is -0.481 e. The van der Waals surface area contributed by atoms with Gasteiger partial charge in [0, 0.05) is 11.3 Å². The van der Waals surface area contributed by atoms with Crippen molar-refractivity contribution in [2.75, 3.05) is 5.32 Å². The van der Waals surface area contributed by atoms with Crippen LogP contribution in [-0.2, 0) is 10.2 Å². The fourth-order valence-corrected chi connectivity index (χ4v) is 4.60. The Morgan fingerprint density at radius 2 is 1.75 bits per heavy atom. The van der Waals surface area contributed by atoms with E-state index in [-0.39, 0.29) is 11.3 Å². The average Bonchev–Trinajstić information content (AvgIpc) is 3.17. The summed E-state index contributed by atoms with van der Waals surface area (Å²) in [6, 6.07) is 21.9. The summed E-state index contributed by atoms with van der Waals surface area (Å²) >= 11 is 1.68. The van der Waals surface area contributed by atoms with E-state index in [4.69, 9.17) is 9.72 Å². The molecule has 1 amide bonds. The molecule has 0 aliphatic carbocycles. The van der Waals surface area contributed by atoms with Crippen LogP contribution in [0.4, 0.5) is 5.69 Å². The van der Waals surface area contributed by atoms with E-state index >= 15 is 0 Å². The third-order valence-corrected chi connectivity index (χ3v) is 6.38. The minimum absolute atomic E-state index is 0.0675. The van der Waals surface area contributed by atoms with Crippen molar-refractivity contribution >= 4 is 33.1 Å². The van der Waals surface area contributed by atoms with Gasteiger partial charge in [-0.1, -0.05) is 45.0 Å². The van der Waals surface area contributed by atoms with E-state index in [9.17, 15) is 4.79 Å². The molecular weight excluding hydrogens is 416 g/mol. The zero-order chi connectivity index (χ0) is 22.9. The maximum Gasteiger partial charge on any atom is 0.265 e. The van der Waals surface area contributed by atoms with Crippen molar-refractivity contribution in [3.63, 3.8) is 0 Å². The highest BCUT2D eigenvalue weighted by Crippen LogP contribution is 2.33. The molecule has 1 unspecified atom stereocenters. The number of hydrogen-bond donors (Lipinski definition) is 1. The number of fused-ring (bicyclic) bond motifs is 1. The number of hydrogen-bond acceptors (Lipinski definition) is 4. The van der Waals surface area contributed by atoms with Gasteiger partial charge in [0.05, 0.1) is 10.2 Å². The molecule has 164 valence electrons. The smallest absolute Gasteiger partial charge is 0.265 e. The van der Waals surface area contributed by atoms with Crippen molar-refractivity contribution in [3.8, 4) is 16.3 Å². The summed E-state index contributed by atoms with van der Waals surface area (Å²) < 4.78 is 7.20. The largest absolute Gasteiger partial charge is 0.481 e. The molecule has 1 atom stereocenters. The van der Waals surface area contributed by atoms with Crippen LogP contribution in [0.2, 0.25) is 0 Å². The number of amides is 1. The Morgan fingerprint density at radius 3 is 2.47 bits per heavy atom. The molecular formula is C27H28N2O2S. The van der Waals surface area contributed by atoms with Crippen LogP contribution in [0.1, 0.15) is 38.8 Å². The first-order chi connectivity index (χ1) is 15.2. The third kappa shape index (κ3) is 4.83. The zero-order valence-electron chi connectivity index (χ0n) is 19.1. The molecule has 1 N–H and O–H groups in total. The molecule has 1 heterocycles. The summed E-state index contributed by atoms with van der Waals surface area (Å²) in [5.74, 6) is 0.556. The number of aromatic nitrogens is 1. The zero-order valence-corrected chi connectivity index (χ0v) is 19.9. The van der Waals surface area contributed by atoms with Gasteiger partial charge in [0.15, 0.2) is 6.10 Å². The molecule has 4 aromatic rings. The van der Waals surface area contributed by atoms with Gasteiger partial charge in [-0.3, -0.25) is 4.79 Å². The molecule has 5 heteroatoms. The molecule has 0 spiro atoms. The highest BCUT2D eigenvalue weighted by Gasteiger charge is 2.22. The van der Waals surface area contributed by atoms with Crippen molar-refractivity contribution < 1.29 is 9.53 Å². The summed E-state index contributed by atoms with van der Waals surface area (Å²) in [7, 11) is 0. The molecule has 0 aliphatic rings. The molecule has 0 saturated heterocycles. The number of carbonyl (C=O) groups is 1. The second-order valence-corrected chi connectivity index (χ2v) is 10.1. The number of anilines is 1. The van der Waals surface area contributed by atoms with E-state index in [1.807, 2.05) is 48.5 Å². The summed E-state index contributed by atoms with van der Waals surface area (Å²) in [5, 5.41) is 3.92. The van der Waals surface area contributed by atoms with E-state index in [1.165, 1.54) is 10.3 Å². The molecule has 3 aromatic carbocycles. The normalized spacial score (nSPS) is 12.5. The Kier molecular flexibility index (Phi) is 6.02. The maximum absolute atomic E-state index is 12.7. The van der Waals surface area contributed by atoms with Gasteiger partial charge in [0.2, 0.25) is 0 Å². The number of nitrogens with zero attached hydrogens (tertiary/aromatic N) is 1. The molecule has 0 fully saturated rings. The second kappa shape index (κ2) is 8.75. The molecule has 1 aromatic heterocycles. The Bertz CT molecular complexity index is 1250. The van der Waals surface area contributed by atoms with Crippen LogP contribution < -0.4 is 10.1 Å². The Morgan fingerprint density at radius 1 is 1.03 bits per heavy atom. The van der Waals surface area contributed by atoms with Crippen molar-refractivity contribution in [3.05, 3.63) is 77.9 Å². The highest BCUT2D eigenvalue weighted by molar-refractivity contribution is 7.21. The number of para-hydroxylation sites is 1. The first-order valence-electron chi connectivity index (χ1n) is 10.8. The summed E-state index contributed by atoms with van der Waals surface area (Å²) in [6.45, 7) is 10.3. The fourth-order valence-electron chi connectivity index (χ4n) is 3.53. The van der Waals surface area contributed by atoms with Crippen LogP contribution in [-0.4, -0.2) is 17.0 Å².